The van der Waals surface area contributed by atoms with Crippen LogP contribution in [0.5, 0.6) is 0 Å². The van der Waals surface area contributed by atoms with E-state index in [1.54, 1.807) is 18.3 Å². The lowest BCUT2D eigenvalue weighted by Gasteiger charge is -2.22. The summed E-state index contributed by atoms with van der Waals surface area (Å²) < 4.78 is 16.6. The second-order valence-corrected chi connectivity index (χ2v) is 11.3. The number of fused-ring (bicyclic) bond motifs is 1. The summed E-state index contributed by atoms with van der Waals surface area (Å²) in [4.78, 5) is 32.7. The monoisotopic (exact) mass is 521 g/mol. The number of thiazole rings is 1. The Labute approximate surface area is 217 Å². The van der Waals surface area contributed by atoms with Gasteiger partial charge in [-0.25, -0.2) is 14.5 Å². The average Bonchev–Trinajstić information content (AvgIpc) is 3.49. The number of carbonyl (C=O) groups is 1. The predicted molar refractivity (Wildman–Crippen MR) is 140 cm³/mol. The largest absolute Gasteiger partial charge is 0.317 e. The molecule has 1 aromatic carbocycles. The van der Waals surface area contributed by atoms with E-state index in [-0.39, 0.29) is 21.7 Å². The van der Waals surface area contributed by atoms with Crippen LogP contribution in [-0.4, -0.2) is 49.4 Å². The Hall–Kier alpha value is -3.70. The van der Waals surface area contributed by atoms with Crippen molar-refractivity contribution in [2.45, 2.75) is 45.7 Å². The minimum Gasteiger partial charge on any atom is -0.317 e. The van der Waals surface area contributed by atoms with Crippen molar-refractivity contribution in [3.63, 3.8) is 0 Å². The van der Waals surface area contributed by atoms with Gasteiger partial charge < -0.3 is 5.32 Å². The van der Waals surface area contributed by atoms with Crippen molar-refractivity contribution in [3.8, 4) is 11.3 Å². The van der Waals surface area contributed by atoms with Gasteiger partial charge in [-0.1, -0.05) is 20.8 Å². The number of aromatic nitrogens is 5. The molecular formula is C26H28FN7O2S. The zero-order chi connectivity index (χ0) is 26.3. The van der Waals surface area contributed by atoms with Crippen LogP contribution in [0.1, 0.15) is 52.4 Å². The Morgan fingerprint density at radius 2 is 2.03 bits per heavy atom. The molecule has 4 heterocycles. The second-order valence-electron chi connectivity index (χ2n) is 10.3. The van der Waals surface area contributed by atoms with E-state index < -0.39 is 11.7 Å². The van der Waals surface area contributed by atoms with Crippen molar-refractivity contribution in [3.05, 3.63) is 79.5 Å². The summed E-state index contributed by atoms with van der Waals surface area (Å²) in [6, 6.07) is 8.02. The van der Waals surface area contributed by atoms with Crippen molar-refractivity contribution >= 4 is 22.9 Å². The third kappa shape index (κ3) is 5.37. The number of aromatic amines is 1. The van der Waals surface area contributed by atoms with E-state index in [0.29, 0.717) is 23.2 Å². The van der Waals surface area contributed by atoms with Gasteiger partial charge >= 0.3 is 0 Å². The van der Waals surface area contributed by atoms with Gasteiger partial charge in [0, 0.05) is 41.7 Å². The molecule has 0 saturated heterocycles. The molecule has 0 radical (unpaired) electrons. The molecule has 1 amide bonds. The van der Waals surface area contributed by atoms with Gasteiger partial charge in [0.2, 0.25) is 0 Å². The first-order valence-corrected chi connectivity index (χ1v) is 12.8. The first-order chi connectivity index (χ1) is 17.6. The van der Waals surface area contributed by atoms with Crippen molar-refractivity contribution in [2.24, 2.45) is 0 Å². The van der Waals surface area contributed by atoms with Gasteiger partial charge in [-0.2, -0.15) is 10.2 Å². The minimum absolute atomic E-state index is 0.00968. The maximum atomic E-state index is 14.6. The zero-order valence-electron chi connectivity index (χ0n) is 21.1. The Kier molecular flexibility index (Phi) is 6.50. The lowest BCUT2D eigenvalue weighted by atomic mass is 9.96. The molecule has 1 aliphatic heterocycles. The average molecular weight is 522 g/mol. The van der Waals surface area contributed by atoms with Gasteiger partial charge in [-0.15, -0.1) is 11.3 Å². The molecule has 192 valence electrons. The number of halogens is 1. The van der Waals surface area contributed by atoms with Gasteiger partial charge in [0.1, 0.15) is 5.82 Å². The molecule has 0 saturated carbocycles. The molecule has 9 nitrogen and oxygen atoms in total. The highest BCUT2D eigenvalue weighted by molar-refractivity contribution is 7.13. The lowest BCUT2D eigenvalue weighted by molar-refractivity contribution is 0.102. The minimum atomic E-state index is -0.581. The molecule has 0 bridgehead atoms. The van der Waals surface area contributed by atoms with Crippen LogP contribution in [0.3, 0.4) is 0 Å². The Bertz CT molecular complexity index is 1530. The van der Waals surface area contributed by atoms with E-state index in [1.807, 2.05) is 31.5 Å². The van der Waals surface area contributed by atoms with E-state index >= 15 is 0 Å². The molecule has 1 aliphatic rings. The van der Waals surface area contributed by atoms with E-state index in [1.165, 1.54) is 23.5 Å². The fraction of sp³-hybridized carbons (Fsp3) is 0.346. The normalized spacial score (nSPS) is 14.0. The number of H-pyrrole nitrogens is 1. The number of benzene rings is 1. The lowest BCUT2D eigenvalue weighted by Crippen LogP contribution is -2.30. The van der Waals surface area contributed by atoms with Crippen LogP contribution in [0.4, 0.5) is 10.1 Å². The molecule has 5 rings (SSSR count). The van der Waals surface area contributed by atoms with Crippen molar-refractivity contribution in [1.29, 1.82) is 0 Å². The molecule has 0 spiro atoms. The molecule has 11 heteroatoms. The number of nitrogens with one attached hydrogen (secondary N) is 2. The quantitative estimate of drug-likeness (QED) is 0.413. The first-order valence-electron chi connectivity index (χ1n) is 12.0. The molecule has 0 fully saturated rings. The van der Waals surface area contributed by atoms with Gasteiger partial charge in [-0.05, 0) is 42.8 Å². The molecule has 4 aromatic rings. The maximum absolute atomic E-state index is 14.6. The fourth-order valence-electron chi connectivity index (χ4n) is 4.15. The number of rotatable bonds is 5. The Balaban J connectivity index is 1.38. The van der Waals surface area contributed by atoms with Gasteiger partial charge in [-0.3, -0.25) is 19.2 Å². The molecule has 0 aliphatic carbocycles. The number of nitrogens with zero attached hydrogens (tertiary/aromatic N) is 5. The van der Waals surface area contributed by atoms with Crippen LogP contribution in [0.2, 0.25) is 0 Å². The number of hydrogen-bond donors (Lipinski definition) is 2. The van der Waals surface area contributed by atoms with Crippen LogP contribution in [0.25, 0.3) is 11.3 Å². The first kappa shape index (κ1) is 25.0. The zero-order valence-corrected chi connectivity index (χ0v) is 21.9. The summed E-state index contributed by atoms with van der Waals surface area (Å²) in [6.45, 7) is 8.67. The van der Waals surface area contributed by atoms with Crippen molar-refractivity contribution in [2.75, 3.05) is 18.9 Å². The SMILES string of the molecule is CN1CCn2nc(Cc3cc(-c4ccc(F)c(NC(=O)c5ncc(C(C)(C)C)s5)c4)n[nH]c3=O)cc2C1. The molecule has 0 unspecified atom stereocenters. The number of amides is 1. The van der Waals surface area contributed by atoms with Gasteiger partial charge in [0.05, 0.1) is 29.3 Å². The number of hydrogen-bond acceptors (Lipinski definition) is 7. The summed E-state index contributed by atoms with van der Waals surface area (Å²) in [5, 5.41) is 14.2. The third-order valence-electron chi connectivity index (χ3n) is 6.24. The number of anilines is 1. The summed E-state index contributed by atoms with van der Waals surface area (Å²) in [5.74, 6) is -1.07. The fourth-order valence-corrected chi connectivity index (χ4v) is 5.01. The highest BCUT2D eigenvalue weighted by atomic mass is 32.1. The van der Waals surface area contributed by atoms with Crippen LogP contribution in [0, 0.1) is 5.82 Å². The van der Waals surface area contributed by atoms with E-state index in [9.17, 15) is 14.0 Å². The Morgan fingerprint density at radius 3 is 2.78 bits per heavy atom. The summed E-state index contributed by atoms with van der Waals surface area (Å²) in [7, 11) is 2.06. The summed E-state index contributed by atoms with van der Waals surface area (Å²) >= 11 is 1.28. The number of likely N-dealkylation sites (N-methyl/N-ethyl adjacent to an activating group) is 1. The molecule has 3 aromatic heterocycles. The second kappa shape index (κ2) is 9.64. The highest BCUT2D eigenvalue weighted by Crippen LogP contribution is 2.29. The van der Waals surface area contributed by atoms with E-state index in [4.69, 9.17) is 0 Å². The highest BCUT2D eigenvalue weighted by Gasteiger charge is 2.21. The van der Waals surface area contributed by atoms with Crippen LogP contribution >= 0.6 is 11.3 Å². The Morgan fingerprint density at radius 1 is 1.22 bits per heavy atom. The molecule has 0 atom stereocenters. The molecule has 2 N–H and O–H groups in total. The standard InChI is InChI=1S/C26H28FN7O2S/c1-26(2,3)22-13-28-25(37-22)24(36)29-21-10-15(5-6-19(21)27)20-11-16(23(35)31-30-20)9-17-12-18-14-33(4)7-8-34(18)32-17/h5-6,10-13H,7-9,14H2,1-4H3,(H,29,36)(H,31,35). The van der Waals surface area contributed by atoms with Crippen LogP contribution < -0.4 is 10.9 Å². The third-order valence-corrected chi connectivity index (χ3v) is 7.66. The number of carbonyl (C=O) groups excluding carboxylic acids is 1. The van der Waals surface area contributed by atoms with E-state index in [2.05, 4.69) is 37.5 Å². The topological polar surface area (TPSA) is 109 Å². The molecular weight excluding hydrogens is 493 g/mol. The summed E-state index contributed by atoms with van der Waals surface area (Å²) in [5.41, 5.74) is 2.99. The maximum Gasteiger partial charge on any atom is 0.284 e. The van der Waals surface area contributed by atoms with Gasteiger partial charge in [0.25, 0.3) is 11.5 Å². The summed E-state index contributed by atoms with van der Waals surface area (Å²) in [6.07, 6.45) is 2.02. The van der Waals surface area contributed by atoms with Crippen LogP contribution in [-0.2, 0) is 24.9 Å². The van der Waals surface area contributed by atoms with Gasteiger partial charge in [0.15, 0.2) is 5.01 Å². The predicted octanol–water partition coefficient (Wildman–Crippen LogP) is 3.82. The smallest absolute Gasteiger partial charge is 0.284 e. The van der Waals surface area contributed by atoms with Crippen LogP contribution in [0.15, 0.2) is 41.3 Å². The van der Waals surface area contributed by atoms with Crippen molar-refractivity contribution in [1.82, 2.24) is 29.9 Å². The van der Waals surface area contributed by atoms with E-state index in [0.717, 1.165) is 35.9 Å². The molecule has 37 heavy (non-hydrogen) atoms. The van der Waals surface area contributed by atoms with Crippen molar-refractivity contribution < 1.29 is 9.18 Å².